The van der Waals surface area contributed by atoms with Crippen LogP contribution in [0.5, 0.6) is 0 Å². The molecule has 0 aliphatic carbocycles. The van der Waals surface area contributed by atoms with Gasteiger partial charge in [0.15, 0.2) is 6.10 Å². The number of fused-ring (bicyclic) bond motifs is 3. The van der Waals surface area contributed by atoms with Gasteiger partial charge in [-0.2, -0.15) is 0 Å². The summed E-state index contributed by atoms with van der Waals surface area (Å²) < 4.78 is 7.86. The predicted molar refractivity (Wildman–Crippen MR) is 189 cm³/mol. The number of ether oxygens (including phenoxy) is 1. The number of hydrogen-bond donors (Lipinski definition) is 1. The fourth-order valence-corrected chi connectivity index (χ4v) is 7.96. The fraction of sp³-hybridized carbons (Fsp3) is 0.472. The van der Waals surface area contributed by atoms with Crippen LogP contribution >= 0.6 is 23.2 Å². The maximum Gasteiger partial charge on any atom is 0.410 e. The molecule has 48 heavy (non-hydrogen) atoms. The third-order valence-corrected chi connectivity index (χ3v) is 11.2. The Labute approximate surface area is 290 Å². The molecule has 7 rings (SSSR count). The molecular weight excluding hydrogens is 651 g/mol. The Hall–Kier alpha value is -3.57. The van der Waals surface area contributed by atoms with E-state index in [1.165, 1.54) is 0 Å². The molecular formula is C36H42Cl2N6O4. The molecule has 1 aromatic heterocycles. The highest BCUT2D eigenvalue weighted by Gasteiger charge is 2.35. The van der Waals surface area contributed by atoms with Crippen LogP contribution in [-0.4, -0.2) is 113 Å². The summed E-state index contributed by atoms with van der Waals surface area (Å²) in [5, 5.41) is 2.90. The Morgan fingerprint density at radius 2 is 1.52 bits per heavy atom. The first-order chi connectivity index (χ1) is 23.2. The lowest BCUT2D eigenvalue weighted by Gasteiger charge is -2.42. The number of carbonyl (C=O) groups excluding carboxylic acids is 2. The third kappa shape index (κ3) is 6.81. The van der Waals surface area contributed by atoms with Crippen LogP contribution in [0, 0.1) is 0 Å². The topological polar surface area (TPSA) is 94.1 Å². The fourth-order valence-electron chi connectivity index (χ4n) is 7.64. The van der Waals surface area contributed by atoms with Gasteiger partial charge in [0.05, 0.1) is 21.1 Å². The maximum absolute atomic E-state index is 14.0. The summed E-state index contributed by atoms with van der Waals surface area (Å²) in [6.45, 7) is 6.32. The van der Waals surface area contributed by atoms with Gasteiger partial charge in [-0.25, -0.2) is 9.59 Å². The summed E-state index contributed by atoms with van der Waals surface area (Å²) in [6, 6.07) is 17.7. The average molecular weight is 694 g/mol. The zero-order chi connectivity index (χ0) is 33.4. The lowest BCUT2D eigenvalue weighted by Crippen LogP contribution is -2.54. The number of imidazole rings is 1. The lowest BCUT2D eigenvalue weighted by molar-refractivity contribution is -0.142. The highest BCUT2D eigenvalue weighted by molar-refractivity contribution is 6.42. The van der Waals surface area contributed by atoms with Crippen LogP contribution in [0.3, 0.4) is 0 Å². The van der Waals surface area contributed by atoms with Gasteiger partial charge in [0, 0.05) is 76.2 Å². The number of likely N-dealkylation sites (tertiary alicyclic amines) is 2. The van der Waals surface area contributed by atoms with Crippen LogP contribution < -0.4 is 5.69 Å². The molecule has 1 atom stereocenters. The number of rotatable bonds is 6. The van der Waals surface area contributed by atoms with Gasteiger partial charge in [-0.3, -0.25) is 14.3 Å². The smallest absolute Gasteiger partial charge is 0.410 e. The van der Waals surface area contributed by atoms with Crippen molar-refractivity contribution in [1.82, 2.24) is 29.2 Å². The molecule has 2 amide bonds. The van der Waals surface area contributed by atoms with Crippen molar-refractivity contribution in [3.8, 4) is 0 Å². The number of halogens is 2. The third-order valence-electron chi connectivity index (χ3n) is 10.5. The van der Waals surface area contributed by atoms with E-state index in [0.717, 1.165) is 66.4 Å². The van der Waals surface area contributed by atoms with Crippen molar-refractivity contribution in [2.45, 2.75) is 50.3 Å². The van der Waals surface area contributed by atoms with E-state index in [2.05, 4.69) is 21.8 Å². The van der Waals surface area contributed by atoms with Crippen molar-refractivity contribution in [2.24, 2.45) is 0 Å². The molecule has 3 aromatic carbocycles. The standard InChI is InChI=1S/C36H42Cl2N6O4/c1-40-18-20-41(21-19-40)26-10-14-42(15-11-26)34(45)32(23-24-6-8-29(37)30(38)22-24)48-36(47)43-16-12-27(13-17-43)44-31-9-7-25-4-2-3-5-28(25)33(31)39-35(44)46/h2-9,22,26-27,32H,10-21,23H2,1H3,(H,39,46)/t32-/m1/s1. The number of piperidine rings is 2. The molecule has 10 nitrogen and oxygen atoms in total. The van der Waals surface area contributed by atoms with Gasteiger partial charge < -0.3 is 24.4 Å². The molecule has 0 unspecified atom stereocenters. The summed E-state index contributed by atoms with van der Waals surface area (Å²) in [6.07, 6.45) is 1.70. The number of carbonyl (C=O) groups is 2. The Kier molecular flexibility index (Phi) is 9.69. The predicted octanol–water partition coefficient (Wildman–Crippen LogP) is 5.41. The normalized spacial score (nSPS) is 19.6. The van der Waals surface area contributed by atoms with Crippen molar-refractivity contribution in [3.05, 3.63) is 80.7 Å². The number of hydrogen-bond acceptors (Lipinski definition) is 6. The molecule has 3 aliphatic heterocycles. The lowest BCUT2D eigenvalue weighted by atomic mass is 10.0. The highest BCUT2D eigenvalue weighted by atomic mass is 35.5. The molecule has 0 bridgehead atoms. The number of benzene rings is 3. The van der Waals surface area contributed by atoms with E-state index < -0.39 is 12.2 Å². The maximum atomic E-state index is 14.0. The molecule has 254 valence electrons. The number of aromatic nitrogens is 2. The molecule has 12 heteroatoms. The van der Waals surface area contributed by atoms with Gasteiger partial charge >= 0.3 is 11.8 Å². The highest BCUT2D eigenvalue weighted by Crippen LogP contribution is 2.30. The minimum Gasteiger partial charge on any atom is -0.436 e. The first kappa shape index (κ1) is 33.0. The van der Waals surface area contributed by atoms with Crippen LogP contribution in [0.1, 0.15) is 37.3 Å². The Balaban J connectivity index is 1.02. The van der Waals surface area contributed by atoms with Crippen molar-refractivity contribution in [1.29, 1.82) is 0 Å². The van der Waals surface area contributed by atoms with Gasteiger partial charge in [0.25, 0.3) is 5.91 Å². The molecule has 0 radical (unpaired) electrons. The Morgan fingerprint density at radius 3 is 2.25 bits per heavy atom. The number of amides is 2. The largest absolute Gasteiger partial charge is 0.436 e. The second-order valence-corrected chi connectivity index (χ2v) is 14.2. The van der Waals surface area contributed by atoms with E-state index in [4.69, 9.17) is 27.9 Å². The van der Waals surface area contributed by atoms with Crippen molar-refractivity contribution in [2.75, 3.05) is 59.4 Å². The monoisotopic (exact) mass is 692 g/mol. The first-order valence-corrected chi connectivity index (χ1v) is 17.7. The van der Waals surface area contributed by atoms with Crippen LogP contribution in [0.4, 0.5) is 4.79 Å². The van der Waals surface area contributed by atoms with Crippen molar-refractivity contribution < 1.29 is 14.3 Å². The molecule has 1 N–H and O–H groups in total. The average Bonchev–Trinajstić information content (AvgIpc) is 3.46. The molecule has 3 saturated heterocycles. The van der Waals surface area contributed by atoms with Crippen LogP contribution in [-0.2, 0) is 16.0 Å². The van der Waals surface area contributed by atoms with Crippen molar-refractivity contribution >= 4 is 57.0 Å². The number of nitrogens with one attached hydrogen (secondary N) is 1. The number of nitrogens with zero attached hydrogens (tertiary/aromatic N) is 5. The van der Waals surface area contributed by atoms with Gasteiger partial charge in [0.2, 0.25) is 0 Å². The van der Waals surface area contributed by atoms with E-state index in [9.17, 15) is 14.4 Å². The van der Waals surface area contributed by atoms with Gasteiger partial charge in [0.1, 0.15) is 0 Å². The summed E-state index contributed by atoms with van der Waals surface area (Å²) in [7, 11) is 2.16. The van der Waals surface area contributed by atoms with Crippen LogP contribution in [0.2, 0.25) is 10.0 Å². The summed E-state index contributed by atoms with van der Waals surface area (Å²) in [4.78, 5) is 52.2. The second-order valence-electron chi connectivity index (χ2n) is 13.4. The van der Waals surface area contributed by atoms with E-state index in [-0.39, 0.29) is 24.1 Å². The number of H-pyrrole nitrogens is 1. The molecule has 4 heterocycles. The Morgan fingerprint density at radius 1 is 0.833 bits per heavy atom. The summed E-state index contributed by atoms with van der Waals surface area (Å²) in [5.74, 6) is -0.182. The Bertz CT molecular complexity index is 1850. The molecule has 0 saturated carbocycles. The SMILES string of the molecule is CN1CCN(C2CCN(C(=O)[C@@H](Cc3ccc(Cl)c(Cl)c3)OC(=O)N3CCC(n4c(=O)[nH]c5c6ccccc6ccc54)CC3)CC2)CC1. The van der Waals surface area contributed by atoms with E-state index in [1.54, 1.807) is 17.0 Å². The van der Waals surface area contributed by atoms with E-state index in [1.807, 2.05) is 51.9 Å². The molecule has 0 spiro atoms. The zero-order valence-corrected chi connectivity index (χ0v) is 28.8. The molecule has 4 aromatic rings. The minimum atomic E-state index is -0.989. The van der Waals surface area contributed by atoms with E-state index >= 15 is 0 Å². The van der Waals surface area contributed by atoms with E-state index in [0.29, 0.717) is 55.1 Å². The van der Waals surface area contributed by atoms with Crippen LogP contribution in [0.25, 0.3) is 21.8 Å². The van der Waals surface area contributed by atoms with Crippen LogP contribution in [0.15, 0.2) is 59.4 Å². The number of aromatic amines is 1. The van der Waals surface area contributed by atoms with Crippen molar-refractivity contribution in [3.63, 3.8) is 0 Å². The number of piperazine rings is 1. The second kappa shape index (κ2) is 14.1. The first-order valence-electron chi connectivity index (χ1n) is 17.0. The molecule has 3 fully saturated rings. The molecule has 3 aliphatic rings. The minimum absolute atomic E-state index is 0.0632. The van der Waals surface area contributed by atoms with Gasteiger partial charge in [-0.05, 0) is 61.9 Å². The zero-order valence-electron chi connectivity index (χ0n) is 27.2. The quantitative estimate of drug-likeness (QED) is 0.291. The van der Waals surface area contributed by atoms with Gasteiger partial charge in [-0.15, -0.1) is 0 Å². The number of likely N-dealkylation sites (N-methyl/N-ethyl adjacent to an activating group) is 1. The summed E-state index contributed by atoms with van der Waals surface area (Å²) in [5.41, 5.74) is 2.32. The van der Waals surface area contributed by atoms with Gasteiger partial charge in [-0.1, -0.05) is 59.6 Å². The summed E-state index contributed by atoms with van der Waals surface area (Å²) >= 11 is 12.5.